The number of benzene rings is 3. The predicted molar refractivity (Wildman–Crippen MR) is 149 cm³/mol. The molecule has 0 spiro atoms. The summed E-state index contributed by atoms with van der Waals surface area (Å²) in [5.74, 6) is -0.0363. The van der Waals surface area contributed by atoms with Crippen molar-refractivity contribution in [3.8, 4) is 16.8 Å². The van der Waals surface area contributed by atoms with Crippen LogP contribution in [0.1, 0.15) is 39.3 Å². The minimum Gasteiger partial charge on any atom is -0.392 e. The maximum atomic E-state index is 13.8. The number of nitrogens with zero attached hydrogens (tertiary/aromatic N) is 4. The number of hydrogen-bond donors (Lipinski definition) is 2. The number of carbonyl (C=O) groups is 1. The fourth-order valence-electron chi connectivity index (χ4n) is 5.74. The molecule has 0 aliphatic carbocycles. The van der Waals surface area contributed by atoms with E-state index in [1.165, 1.54) is 11.1 Å². The summed E-state index contributed by atoms with van der Waals surface area (Å²) in [6.07, 6.45) is 1.36. The highest BCUT2D eigenvalue weighted by Crippen LogP contribution is 2.31. The van der Waals surface area contributed by atoms with Crippen LogP contribution in [-0.4, -0.2) is 51.4 Å². The first kappa shape index (κ1) is 24.6. The number of aliphatic hydroxyl groups excluding tert-OH is 1. The highest BCUT2D eigenvalue weighted by Gasteiger charge is 2.32. The molecule has 4 aromatic rings. The number of anilines is 1. The fourth-order valence-corrected chi connectivity index (χ4v) is 5.74. The summed E-state index contributed by atoms with van der Waals surface area (Å²) in [7, 11) is 0. The largest absolute Gasteiger partial charge is 0.392 e. The number of hydrogen-bond acceptors (Lipinski definition) is 5. The van der Waals surface area contributed by atoms with Crippen LogP contribution >= 0.6 is 0 Å². The number of carbonyl (C=O) groups excluding carboxylic acids is 1. The van der Waals surface area contributed by atoms with E-state index >= 15 is 0 Å². The number of aliphatic hydroxyl groups is 1. The van der Waals surface area contributed by atoms with Crippen molar-refractivity contribution in [1.29, 1.82) is 0 Å². The third-order valence-corrected chi connectivity index (χ3v) is 7.76. The van der Waals surface area contributed by atoms with Crippen molar-refractivity contribution in [3.63, 3.8) is 0 Å². The summed E-state index contributed by atoms with van der Waals surface area (Å²) < 4.78 is 1.78. The van der Waals surface area contributed by atoms with Gasteiger partial charge in [-0.05, 0) is 66.3 Å². The molecule has 1 saturated heterocycles. The van der Waals surface area contributed by atoms with Gasteiger partial charge in [0.1, 0.15) is 5.69 Å². The Bertz CT molecular complexity index is 1480. The number of β-amino-alcohol motifs (C(OH)–C–C–N with tert-alkyl or cyclic N) is 1. The van der Waals surface area contributed by atoms with E-state index in [9.17, 15) is 9.90 Å². The molecule has 1 unspecified atom stereocenters. The molecule has 6 rings (SSSR count). The number of fused-ring (bicyclic) bond motifs is 1. The van der Waals surface area contributed by atoms with E-state index in [0.29, 0.717) is 18.8 Å². The van der Waals surface area contributed by atoms with E-state index in [2.05, 4.69) is 41.3 Å². The van der Waals surface area contributed by atoms with Crippen molar-refractivity contribution in [3.05, 3.63) is 101 Å². The lowest BCUT2D eigenvalue weighted by molar-refractivity contribution is 0.0973. The highest BCUT2D eigenvalue weighted by molar-refractivity contribution is 6.07. The van der Waals surface area contributed by atoms with E-state index in [-0.39, 0.29) is 12.0 Å². The van der Waals surface area contributed by atoms with Gasteiger partial charge in [-0.25, -0.2) is 4.68 Å². The summed E-state index contributed by atoms with van der Waals surface area (Å²) in [6, 6.07) is 24.6. The van der Waals surface area contributed by atoms with Crippen LogP contribution in [0.25, 0.3) is 16.8 Å². The van der Waals surface area contributed by atoms with Gasteiger partial charge in [0.15, 0.2) is 0 Å². The van der Waals surface area contributed by atoms with Gasteiger partial charge >= 0.3 is 0 Å². The Kier molecular flexibility index (Phi) is 6.57. The molecule has 0 bridgehead atoms. The molecule has 3 heterocycles. The van der Waals surface area contributed by atoms with Gasteiger partial charge in [-0.3, -0.25) is 9.69 Å². The SMILES string of the molecule is Cc1nn(-c2cccc(CN)c2)c2c1CCN(c1ccc(-c3ccccc3CN3CCC(O)C3)cc1)C2=O. The van der Waals surface area contributed by atoms with Gasteiger partial charge in [-0.1, -0.05) is 48.5 Å². The van der Waals surface area contributed by atoms with Crippen molar-refractivity contribution in [2.75, 3.05) is 24.5 Å². The molecule has 7 nitrogen and oxygen atoms in total. The van der Waals surface area contributed by atoms with E-state index in [0.717, 1.165) is 66.2 Å². The Morgan fingerprint density at radius 1 is 1.00 bits per heavy atom. The summed E-state index contributed by atoms with van der Waals surface area (Å²) in [6.45, 7) is 5.48. The molecule has 2 aliphatic heterocycles. The van der Waals surface area contributed by atoms with Gasteiger partial charge in [-0.15, -0.1) is 0 Å². The van der Waals surface area contributed by atoms with Crippen LogP contribution in [-0.2, 0) is 19.5 Å². The maximum absolute atomic E-state index is 13.8. The lowest BCUT2D eigenvalue weighted by atomic mass is 9.98. The van der Waals surface area contributed by atoms with Crippen LogP contribution < -0.4 is 10.6 Å². The van der Waals surface area contributed by atoms with Crippen LogP contribution in [0.3, 0.4) is 0 Å². The summed E-state index contributed by atoms with van der Waals surface area (Å²) in [5.41, 5.74) is 14.7. The fraction of sp³-hybridized carbons (Fsp3) is 0.290. The maximum Gasteiger partial charge on any atom is 0.277 e. The first-order chi connectivity index (χ1) is 18.5. The van der Waals surface area contributed by atoms with Gasteiger partial charge in [0, 0.05) is 44.0 Å². The standard InChI is InChI=1S/C31H33N5O2/c1-21-28-14-16-35(31(38)30(28)36(33-21)26-7-4-5-22(17-26)18-32)25-11-9-23(10-12-25)29-8-3-2-6-24(29)19-34-15-13-27(37)20-34/h2-12,17,27,37H,13-16,18-20,32H2,1H3. The van der Waals surface area contributed by atoms with Gasteiger partial charge in [0.2, 0.25) is 0 Å². The Labute approximate surface area is 223 Å². The lowest BCUT2D eigenvalue weighted by Crippen LogP contribution is -2.38. The normalized spacial score (nSPS) is 17.7. The zero-order valence-corrected chi connectivity index (χ0v) is 21.7. The summed E-state index contributed by atoms with van der Waals surface area (Å²) in [5, 5.41) is 14.7. The van der Waals surface area contributed by atoms with Crippen LogP contribution in [0.15, 0.2) is 72.8 Å². The third-order valence-electron chi connectivity index (χ3n) is 7.76. The summed E-state index contributed by atoms with van der Waals surface area (Å²) >= 11 is 0. The van der Waals surface area contributed by atoms with Crippen molar-refractivity contribution in [2.24, 2.45) is 5.73 Å². The van der Waals surface area contributed by atoms with Crippen LogP contribution in [0.4, 0.5) is 5.69 Å². The molecule has 38 heavy (non-hydrogen) atoms. The zero-order chi connectivity index (χ0) is 26.2. The predicted octanol–water partition coefficient (Wildman–Crippen LogP) is 4.08. The molecule has 194 valence electrons. The number of likely N-dealkylation sites (tertiary alicyclic amines) is 1. The average molecular weight is 508 g/mol. The lowest BCUT2D eigenvalue weighted by Gasteiger charge is -2.28. The van der Waals surface area contributed by atoms with Gasteiger partial charge in [0.05, 0.1) is 17.5 Å². The molecule has 1 atom stereocenters. The van der Waals surface area contributed by atoms with E-state index in [1.54, 1.807) is 4.68 Å². The Morgan fingerprint density at radius 2 is 1.82 bits per heavy atom. The number of amides is 1. The number of nitrogens with two attached hydrogens (primary N) is 1. The molecule has 1 amide bonds. The zero-order valence-electron chi connectivity index (χ0n) is 21.7. The van der Waals surface area contributed by atoms with Crippen LogP contribution in [0.5, 0.6) is 0 Å². The van der Waals surface area contributed by atoms with Crippen molar-refractivity contribution < 1.29 is 9.90 Å². The first-order valence-corrected chi connectivity index (χ1v) is 13.3. The smallest absolute Gasteiger partial charge is 0.277 e. The number of aryl methyl sites for hydroxylation is 1. The molecule has 3 N–H and O–H groups in total. The second-order valence-corrected chi connectivity index (χ2v) is 10.3. The van der Waals surface area contributed by atoms with Crippen molar-refractivity contribution in [1.82, 2.24) is 14.7 Å². The molecule has 0 saturated carbocycles. The third kappa shape index (κ3) is 4.53. The topological polar surface area (TPSA) is 87.6 Å². The minimum absolute atomic E-state index is 0.0363. The monoisotopic (exact) mass is 507 g/mol. The average Bonchev–Trinajstić information content (AvgIpc) is 3.52. The van der Waals surface area contributed by atoms with Gasteiger partial charge in [-0.2, -0.15) is 5.10 Å². The molecule has 3 aromatic carbocycles. The molecule has 1 aromatic heterocycles. The van der Waals surface area contributed by atoms with Crippen molar-refractivity contribution in [2.45, 2.75) is 39.0 Å². The second kappa shape index (κ2) is 10.2. The van der Waals surface area contributed by atoms with Gasteiger partial charge < -0.3 is 15.7 Å². The number of aromatic nitrogens is 2. The van der Waals surface area contributed by atoms with Crippen LogP contribution in [0, 0.1) is 6.92 Å². The van der Waals surface area contributed by atoms with Crippen LogP contribution in [0.2, 0.25) is 0 Å². The Morgan fingerprint density at radius 3 is 2.58 bits per heavy atom. The minimum atomic E-state index is -0.228. The molecular weight excluding hydrogens is 474 g/mol. The van der Waals surface area contributed by atoms with Crippen molar-refractivity contribution >= 4 is 11.6 Å². The summed E-state index contributed by atoms with van der Waals surface area (Å²) in [4.78, 5) is 18.0. The molecule has 7 heteroatoms. The Hall–Kier alpha value is -3.78. The van der Waals surface area contributed by atoms with E-state index < -0.39 is 0 Å². The molecule has 2 aliphatic rings. The number of rotatable bonds is 6. The molecule has 0 radical (unpaired) electrons. The first-order valence-electron chi connectivity index (χ1n) is 13.3. The van der Waals surface area contributed by atoms with E-state index in [4.69, 9.17) is 10.8 Å². The highest BCUT2D eigenvalue weighted by atomic mass is 16.3. The molecular formula is C31H33N5O2. The quantitative estimate of drug-likeness (QED) is 0.411. The van der Waals surface area contributed by atoms with E-state index in [1.807, 2.05) is 48.2 Å². The van der Waals surface area contributed by atoms with Gasteiger partial charge in [0.25, 0.3) is 5.91 Å². The Balaban J connectivity index is 1.28. The molecule has 1 fully saturated rings. The second-order valence-electron chi connectivity index (χ2n) is 10.3.